The van der Waals surface area contributed by atoms with Crippen LogP contribution in [0, 0.1) is 23.3 Å². The maximum atomic E-state index is 14.4. The van der Waals surface area contributed by atoms with E-state index in [2.05, 4.69) is 20.9 Å². The van der Waals surface area contributed by atoms with Gasteiger partial charge >= 0.3 is 0 Å². The Morgan fingerprint density at radius 3 is 1.01 bits per heavy atom. The largest absolute Gasteiger partial charge is 0.350 e. The Morgan fingerprint density at radius 1 is 0.418 bits per heavy atom. The summed E-state index contributed by atoms with van der Waals surface area (Å²) < 4.78 is 142. The van der Waals surface area contributed by atoms with Gasteiger partial charge in [-0.15, -0.1) is 0 Å². The first-order chi connectivity index (χ1) is 43.1. The minimum atomic E-state index is -4.13. The number of carbonyl (C=O) groups excluding carboxylic acids is 3. The smallest absolute Gasteiger partial charge is 0.283 e. The number of hydrogen-bond acceptors (Lipinski definition) is 10. The van der Waals surface area contributed by atoms with Gasteiger partial charge in [0.25, 0.3) is 47.8 Å². The van der Waals surface area contributed by atoms with Gasteiger partial charge in [0.15, 0.2) is 5.03 Å². The van der Waals surface area contributed by atoms with Crippen molar-refractivity contribution in [1.29, 1.82) is 0 Å². The zero-order chi connectivity index (χ0) is 66.2. The van der Waals surface area contributed by atoms with E-state index in [0.717, 1.165) is 50.1 Å². The van der Waals surface area contributed by atoms with Crippen molar-refractivity contribution < 1.29 is 57.2 Å². The van der Waals surface area contributed by atoms with Crippen LogP contribution in [0.5, 0.6) is 0 Å². The molecule has 0 aliphatic rings. The topological polar surface area (TPSA) is 217 Å². The molecule has 0 fully saturated rings. The van der Waals surface area contributed by atoms with Gasteiger partial charge in [-0.1, -0.05) is 109 Å². The van der Waals surface area contributed by atoms with Crippen molar-refractivity contribution in [3.63, 3.8) is 0 Å². The number of benzene rings is 8. The molecule has 8 aromatic carbocycles. The molecule has 91 heavy (non-hydrogen) atoms. The first kappa shape index (κ1) is 68.8. The number of nitrogens with zero attached hydrogens (tertiary/aromatic N) is 5. The fraction of sp³-hybridized carbons (Fsp3) is 0.194. The Morgan fingerprint density at radius 2 is 0.714 bits per heavy atom. The summed E-state index contributed by atoms with van der Waals surface area (Å²) in [5.41, 5.74) is 1.97. The summed E-state index contributed by atoms with van der Waals surface area (Å²) >= 11 is 0. The number of amides is 3. The minimum absolute atomic E-state index is 0.00335. The molecule has 1 aromatic heterocycles. The first-order valence-electron chi connectivity index (χ1n) is 28.5. The molecule has 0 radical (unpaired) electrons. The number of sulfonamides is 3. The highest BCUT2D eigenvalue weighted by atomic mass is 32.2. The lowest BCUT2D eigenvalue weighted by Crippen LogP contribution is -2.33. The number of carbonyl (C=O) groups is 3. The van der Waals surface area contributed by atoms with Crippen molar-refractivity contribution >= 4 is 64.9 Å². The van der Waals surface area contributed by atoms with Gasteiger partial charge in [0, 0.05) is 31.4 Å². The number of aromatic nitrogens is 2. The summed E-state index contributed by atoms with van der Waals surface area (Å²) in [6.45, 7) is 10.5. The van der Waals surface area contributed by atoms with E-state index in [0.29, 0.717) is 5.56 Å². The predicted molar refractivity (Wildman–Crippen MR) is 342 cm³/mol. The van der Waals surface area contributed by atoms with Crippen LogP contribution < -0.4 is 28.9 Å². The summed E-state index contributed by atoms with van der Waals surface area (Å²) in [5.74, 6) is -4.63. The van der Waals surface area contributed by atoms with Gasteiger partial charge in [-0.05, 0) is 149 Å². The number of anilines is 3. The molecule has 0 saturated carbocycles. The monoisotopic (exact) mass is 1300 g/mol. The van der Waals surface area contributed by atoms with Gasteiger partial charge in [0.1, 0.15) is 23.3 Å². The van der Waals surface area contributed by atoms with E-state index >= 15 is 0 Å². The molecule has 1 heterocycles. The highest BCUT2D eigenvalue weighted by molar-refractivity contribution is 7.93. The SMILES string of the molecule is CC(C)NC(=O)c1cc(N(Cc2ccccc2)S(=O)(=O)c2ccc(F)cc2)ccc1F.CC(C)NC(=O)c1cc(N(Cc2ccccc2)S(=O)(=O)c2ccccc2)ccc1F.CC(C)NC(=O)c1cc(N(Cc2ccccc2)S(=O)(=O)c2cn(C)cn2)ccc1F. The van der Waals surface area contributed by atoms with E-state index in [4.69, 9.17) is 0 Å². The van der Waals surface area contributed by atoms with Crippen molar-refractivity contribution in [3.8, 4) is 0 Å². The average Bonchev–Trinajstić information content (AvgIpc) is 2.03. The molecule has 0 saturated heterocycles. The van der Waals surface area contributed by atoms with Gasteiger partial charge in [-0.2, -0.15) is 8.42 Å². The number of rotatable bonds is 21. The van der Waals surface area contributed by atoms with Crippen LogP contribution in [0.25, 0.3) is 0 Å². The van der Waals surface area contributed by atoms with E-state index in [1.165, 1.54) is 82.1 Å². The van der Waals surface area contributed by atoms with E-state index < -0.39 is 71.1 Å². The van der Waals surface area contributed by atoms with Gasteiger partial charge in [0.05, 0.1) is 69.5 Å². The summed E-state index contributed by atoms with van der Waals surface area (Å²) in [7, 11) is -10.5. The molecular weight excluding hydrogens is 1230 g/mol. The standard InChI is InChI=1S/C23H22F2N2O3S.C23H23FN2O3S.C21H23FN4O3S/c1-16(2)26-23(28)21-14-19(10-13-22(21)25)27(15-17-6-4-3-5-7-17)31(29,30)20-11-8-18(24)9-12-20;1-17(2)25-23(27)21-15-19(13-14-22(21)24)26(16-18-9-5-3-6-10-18)30(28,29)20-11-7-4-8-12-20;1-15(2)24-21(27)18-11-17(9-10-19(18)22)26(12-16-7-5-4-6-8-16)30(28,29)20-13-25(3)14-23-20/h3-14,16H,15H2,1-2H3,(H,26,28);3-15,17H,16H2,1-2H3,(H,25,27);4-11,13-15H,12H2,1-3H3,(H,24,27). The highest BCUT2D eigenvalue weighted by Crippen LogP contribution is 2.32. The molecule has 9 aromatic rings. The number of halogens is 4. The van der Waals surface area contributed by atoms with E-state index in [-0.39, 0.29) is 86.3 Å². The number of nitrogens with one attached hydrogen (secondary N) is 3. The van der Waals surface area contributed by atoms with Crippen molar-refractivity contribution in [2.24, 2.45) is 7.05 Å². The fourth-order valence-corrected chi connectivity index (χ4v) is 13.2. The molecule has 24 heteroatoms. The molecule has 17 nitrogen and oxygen atoms in total. The second-order valence-electron chi connectivity index (χ2n) is 21.5. The maximum absolute atomic E-state index is 14.4. The Bertz CT molecular complexity index is 4310. The third kappa shape index (κ3) is 18.3. The van der Waals surface area contributed by atoms with Crippen LogP contribution >= 0.6 is 0 Å². The van der Waals surface area contributed by atoms with E-state index in [1.54, 1.807) is 121 Å². The lowest BCUT2D eigenvalue weighted by molar-refractivity contribution is 0.0930. The zero-order valence-electron chi connectivity index (χ0n) is 50.7. The molecule has 0 bridgehead atoms. The van der Waals surface area contributed by atoms with Gasteiger partial charge in [0.2, 0.25) is 0 Å². The van der Waals surface area contributed by atoms with E-state index in [9.17, 15) is 57.2 Å². The third-order valence-corrected chi connectivity index (χ3v) is 18.4. The Balaban J connectivity index is 0.000000194. The highest BCUT2D eigenvalue weighted by Gasteiger charge is 2.31. The molecule has 0 spiro atoms. The molecule has 0 aliphatic carbocycles. The number of aryl methyl sites for hydroxylation is 1. The second-order valence-corrected chi connectivity index (χ2v) is 27.0. The van der Waals surface area contributed by atoms with Crippen molar-refractivity contribution in [2.45, 2.75) is 94.1 Å². The van der Waals surface area contributed by atoms with Crippen LogP contribution in [0.3, 0.4) is 0 Å². The van der Waals surface area contributed by atoms with Crippen LogP contribution in [0.4, 0.5) is 34.6 Å². The summed E-state index contributed by atoms with van der Waals surface area (Å²) in [5, 5.41) is 7.73. The molecule has 3 amide bonds. The van der Waals surface area contributed by atoms with Crippen LogP contribution in [0.2, 0.25) is 0 Å². The Hall–Kier alpha value is -9.65. The maximum Gasteiger partial charge on any atom is 0.283 e. The lowest BCUT2D eigenvalue weighted by atomic mass is 10.1. The quantitative estimate of drug-likeness (QED) is 0.0578. The fourth-order valence-electron chi connectivity index (χ4n) is 8.83. The number of imidazole rings is 1. The molecule has 3 N–H and O–H groups in total. The molecule has 476 valence electrons. The Labute approximate surface area is 528 Å². The average molecular weight is 1300 g/mol. The third-order valence-electron chi connectivity index (χ3n) is 13.2. The van der Waals surface area contributed by atoms with Gasteiger partial charge < -0.3 is 20.5 Å². The lowest BCUT2D eigenvalue weighted by Gasteiger charge is -2.25. The second kappa shape index (κ2) is 30.7. The van der Waals surface area contributed by atoms with Crippen LogP contribution in [0.15, 0.2) is 228 Å². The normalized spacial score (nSPS) is 11.4. The number of hydrogen-bond donors (Lipinski definition) is 3. The molecule has 0 unspecified atom stereocenters. The summed E-state index contributed by atoms with van der Waals surface area (Å²) in [6.07, 6.45) is 2.78. The van der Waals surface area contributed by atoms with Crippen LogP contribution in [-0.2, 0) is 56.8 Å². The van der Waals surface area contributed by atoms with Gasteiger partial charge in [-0.3, -0.25) is 27.3 Å². The zero-order valence-corrected chi connectivity index (χ0v) is 53.2. The molecule has 9 rings (SSSR count). The molecule has 0 atom stereocenters. The first-order valence-corrected chi connectivity index (χ1v) is 32.8. The van der Waals surface area contributed by atoms with Crippen molar-refractivity contribution in [2.75, 3.05) is 12.9 Å². The van der Waals surface area contributed by atoms with Crippen LogP contribution in [-0.4, -0.2) is 70.7 Å². The summed E-state index contributed by atoms with van der Waals surface area (Å²) in [6, 6.07) is 49.8. The molecular formula is C67H68F4N8O9S3. The van der Waals surface area contributed by atoms with E-state index in [1.807, 2.05) is 36.4 Å². The predicted octanol–water partition coefficient (Wildman–Crippen LogP) is 12.0. The van der Waals surface area contributed by atoms with Crippen molar-refractivity contribution in [1.82, 2.24) is 25.5 Å². The molecule has 0 aliphatic heterocycles. The summed E-state index contributed by atoms with van der Waals surface area (Å²) in [4.78, 5) is 41.2. The minimum Gasteiger partial charge on any atom is -0.350 e. The van der Waals surface area contributed by atoms with Gasteiger partial charge in [-0.25, -0.2) is 39.4 Å². The van der Waals surface area contributed by atoms with Crippen molar-refractivity contribution in [3.05, 3.63) is 269 Å². The van der Waals surface area contributed by atoms with Crippen LogP contribution in [0.1, 0.15) is 89.3 Å². The Kier molecular flexibility index (Phi) is 23.2.